The Bertz CT molecular complexity index is 877. The first-order valence-corrected chi connectivity index (χ1v) is 10.4. The van der Waals surface area contributed by atoms with Gasteiger partial charge in [-0.15, -0.1) is 0 Å². The van der Waals surface area contributed by atoms with Gasteiger partial charge in [-0.25, -0.2) is 4.39 Å². The molecule has 0 aliphatic carbocycles. The van der Waals surface area contributed by atoms with E-state index < -0.39 is 17.8 Å². The minimum absolute atomic E-state index is 0.0163. The van der Waals surface area contributed by atoms with E-state index in [1.54, 1.807) is 25.1 Å². The largest absolute Gasteiger partial charge is 0.484 e. The Morgan fingerprint density at radius 1 is 1.10 bits per heavy atom. The van der Waals surface area contributed by atoms with E-state index in [1.165, 1.54) is 29.2 Å². The summed E-state index contributed by atoms with van der Waals surface area (Å²) < 4.78 is 18.5. The summed E-state index contributed by atoms with van der Waals surface area (Å²) in [6.45, 7) is 5.37. The van der Waals surface area contributed by atoms with E-state index in [4.69, 9.17) is 27.9 Å². The van der Waals surface area contributed by atoms with E-state index in [1.807, 2.05) is 13.8 Å². The molecule has 1 N–H and O–H groups in total. The van der Waals surface area contributed by atoms with Gasteiger partial charge in [0.1, 0.15) is 17.6 Å². The van der Waals surface area contributed by atoms with Crippen molar-refractivity contribution in [1.29, 1.82) is 0 Å². The minimum atomic E-state index is -0.738. The van der Waals surface area contributed by atoms with Crippen molar-refractivity contribution >= 4 is 35.0 Å². The quantitative estimate of drug-likeness (QED) is 0.589. The molecule has 0 bridgehead atoms. The van der Waals surface area contributed by atoms with Crippen molar-refractivity contribution in [2.45, 2.75) is 45.8 Å². The highest BCUT2D eigenvalue weighted by atomic mass is 35.5. The number of rotatable bonds is 9. The maximum Gasteiger partial charge on any atom is 0.261 e. The molecule has 0 saturated heterocycles. The lowest BCUT2D eigenvalue weighted by molar-refractivity contribution is -0.142. The average Bonchev–Trinajstić information content (AvgIpc) is 2.73. The summed E-state index contributed by atoms with van der Waals surface area (Å²) in [6, 6.07) is 9.65. The molecule has 0 aliphatic rings. The number of carbonyl (C=O) groups excluding carboxylic acids is 2. The van der Waals surface area contributed by atoms with Gasteiger partial charge in [-0.3, -0.25) is 9.59 Å². The van der Waals surface area contributed by atoms with E-state index >= 15 is 0 Å². The van der Waals surface area contributed by atoms with Crippen LogP contribution in [-0.2, 0) is 16.1 Å². The predicted molar refractivity (Wildman–Crippen MR) is 116 cm³/mol. The molecule has 0 aromatic heterocycles. The van der Waals surface area contributed by atoms with Crippen LogP contribution in [0.3, 0.4) is 0 Å². The van der Waals surface area contributed by atoms with Crippen molar-refractivity contribution in [2.24, 2.45) is 0 Å². The summed E-state index contributed by atoms with van der Waals surface area (Å²) in [6.07, 6.45) is 0.771. The molecular weight excluding hydrogens is 430 g/mol. The average molecular weight is 455 g/mol. The summed E-state index contributed by atoms with van der Waals surface area (Å²) >= 11 is 12.1. The van der Waals surface area contributed by atoms with Crippen LogP contribution in [0, 0.1) is 5.82 Å². The van der Waals surface area contributed by atoms with Crippen molar-refractivity contribution in [1.82, 2.24) is 10.2 Å². The first kappa shape index (κ1) is 24.0. The third-order valence-electron chi connectivity index (χ3n) is 4.68. The van der Waals surface area contributed by atoms with Gasteiger partial charge in [-0.1, -0.05) is 36.2 Å². The molecule has 2 atom stereocenters. The Balaban J connectivity index is 2.17. The van der Waals surface area contributed by atoms with E-state index in [0.717, 1.165) is 12.0 Å². The highest BCUT2D eigenvalue weighted by Crippen LogP contribution is 2.24. The highest BCUT2D eigenvalue weighted by Gasteiger charge is 2.27. The molecule has 0 unspecified atom stereocenters. The number of halogens is 3. The van der Waals surface area contributed by atoms with Crippen molar-refractivity contribution in [2.75, 3.05) is 6.61 Å². The summed E-state index contributed by atoms with van der Waals surface area (Å²) in [5.74, 6) is -0.696. The second-order valence-electron chi connectivity index (χ2n) is 7.01. The van der Waals surface area contributed by atoms with Crippen LogP contribution in [0.15, 0.2) is 42.5 Å². The van der Waals surface area contributed by atoms with Gasteiger partial charge < -0.3 is 15.0 Å². The standard InChI is InChI=1S/C22H25Cl2FN2O3/c1-4-14(2)26-22(29)15(3)27(12-16-5-10-19(23)20(24)11-16)21(28)13-30-18-8-6-17(25)7-9-18/h5-11,14-15H,4,12-13H2,1-3H3,(H,26,29)/t14-,15-/m1/s1. The minimum Gasteiger partial charge on any atom is -0.484 e. The maximum absolute atomic E-state index is 13.0. The first-order valence-electron chi connectivity index (χ1n) is 9.63. The van der Waals surface area contributed by atoms with E-state index in [9.17, 15) is 14.0 Å². The fraction of sp³-hybridized carbons (Fsp3) is 0.364. The number of nitrogens with one attached hydrogen (secondary N) is 1. The Kier molecular flexibility index (Phi) is 8.93. The van der Waals surface area contributed by atoms with Crippen LogP contribution in [-0.4, -0.2) is 35.4 Å². The molecule has 8 heteroatoms. The predicted octanol–water partition coefficient (Wildman–Crippen LogP) is 4.84. The van der Waals surface area contributed by atoms with Crippen molar-refractivity contribution in [3.8, 4) is 5.75 Å². The maximum atomic E-state index is 13.0. The zero-order valence-corrected chi connectivity index (χ0v) is 18.6. The number of carbonyl (C=O) groups is 2. The van der Waals surface area contributed by atoms with E-state index in [0.29, 0.717) is 15.8 Å². The third kappa shape index (κ3) is 6.89. The van der Waals surface area contributed by atoms with Crippen molar-refractivity contribution in [3.63, 3.8) is 0 Å². The lowest BCUT2D eigenvalue weighted by Gasteiger charge is -2.29. The van der Waals surface area contributed by atoms with Crippen LogP contribution in [0.1, 0.15) is 32.8 Å². The number of benzene rings is 2. The summed E-state index contributed by atoms with van der Waals surface area (Å²) in [7, 11) is 0. The van der Waals surface area contributed by atoms with Crippen LogP contribution in [0.5, 0.6) is 5.75 Å². The number of amides is 2. The number of hydrogen-bond acceptors (Lipinski definition) is 3. The Morgan fingerprint density at radius 2 is 1.77 bits per heavy atom. The van der Waals surface area contributed by atoms with Crippen LogP contribution in [0.25, 0.3) is 0 Å². The summed E-state index contributed by atoms with van der Waals surface area (Å²) in [5, 5.41) is 3.65. The molecular formula is C22H25Cl2FN2O3. The zero-order valence-electron chi connectivity index (χ0n) is 17.1. The molecule has 0 heterocycles. The normalized spacial score (nSPS) is 12.7. The van der Waals surface area contributed by atoms with E-state index in [2.05, 4.69) is 5.32 Å². The van der Waals surface area contributed by atoms with Crippen LogP contribution < -0.4 is 10.1 Å². The topological polar surface area (TPSA) is 58.6 Å². The van der Waals surface area contributed by atoms with Gasteiger partial charge >= 0.3 is 0 Å². The molecule has 30 heavy (non-hydrogen) atoms. The second kappa shape index (κ2) is 11.2. The lowest BCUT2D eigenvalue weighted by Crippen LogP contribution is -2.50. The van der Waals surface area contributed by atoms with Gasteiger partial charge in [0, 0.05) is 12.6 Å². The highest BCUT2D eigenvalue weighted by molar-refractivity contribution is 6.42. The van der Waals surface area contributed by atoms with Crippen molar-refractivity contribution in [3.05, 3.63) is 63.9 Å². The zero-order chi connectivity index (χ0) is 22.3. The molecule has 0 aliphatic heterocycles. The van der Waals surface area contributed by atoms with Crippen LogP contribution in [0.2, 0.25) is 10.0 Å². The van der Waals surface area contributed by atoms with Gasteiger partial charge in [-0.2, -0.15) is 0 Å². The molecule has 0 radical (unpaired) electrons. The fourth-order valence-corrected chi connectivity index (χ4v) is 2.96. The molecule has 2 rings (SSSR count). The third-order valence-corrected chi connectivity index (χ3v) is 5.42. The van der Waals surface area contributed by atoms with Gasteiger partial charge in [0.15, 0.2) is 6.61 Å². The molecule has 2 amide bonds. The Morgan fingerprint density at radius 3 is 2.37 bits per heavy atom. The SMILES string of the molecule is CC[C@@H](C)NC(=O)[C@@H](C)N(Cc1ccc(Cl)c(Cl)c1)C(=O)COc1ccc(F)cc1. The lowest BCUT2D eigenvalue weighted by atomic mass is 10.1. The number of ether oxygens (including phenoxy) is 1. The molecule has 0 spiro atoms. The molecule has 5 nitrogen and oxygen atoms in total. The molecule has 2 aromatic rings. The van der Waals surface area contributed by atoms with Crippen LogP contribution in [0.4, 0.5) is 4.39 Å². The molecule has 0 saturated carbocycles. The number of hydrogen-bond donors (Lipinski definition) is 1. The summed E-state index contributed by atoms with van der Waals surface area (Å²) in [5.41, 5.74) is 0.725. The van der Waals surface area contributed by atoms with Crippen molar-refractivity contribution < 1.29 is 18.7 Å². The first-order chi connectivity index (χ1) is 14.2. The van der Waals surface area contributed by atoms with Gasteiger partial charge in [0.2, 0.25) is 5.91 Å². The number of nitrogens with zero attached hydrogens (tertiary/aromatic N) is 1. The second-order valence-corrected chi connectivity index (χ2v) is 7.82. The molecule has 2 aromatic carbocycles. The van der Waals surface area contributed by atoms with Gasteiger partial charge in [-0.05, 0) is 62.2 Å². The Labute approximate surface area is 186 Å². The summed E-state index contributed by atoms with van der Waals surface area (Å²) in [4.78, 5) is 27.0. The van der Waals surface area contributed by atoms with E-state index in [-0.39, 0.29) is 25.1 Å². The smallest absolute Gasteiger partial charge is 0.261 e. The Hall–Kier alpha value is -2.31. The molecule has 0 fully saturated rings. The molecule has 162 valence electrons. The van der Waals surface area contributed by atoms with Gasteiger partial charge in [0.25, 0.3) is 5.91 Å². The van der Waals surface area contributed by atoms with Gasteiger partial charge in [0.05, 0.1) is 10.0 Å². The monoisotopic (exact) mass is 454 g/mol. The van der Waals surface area contributed by atoms with Crippen LogP contribution >= 0.6 is 23.2 Å². The fourth-order valence-electron chi connectivity index (χ4n) is 2.64.